The summed E-state index contributed by atoms with van der Waals surface area (Å²) in [6.07, 6.45) is 13.4. The lowest BCUT2D eigenvalue weighted by Crippen LogP contribution is -2.54. The van der Waals surface area contributed by atoms with Gasteiger partial charge in [-0.1, -0.05) is 53.0 Å². The Hall–Kier alpha value is -0.920. The normalized spacial score (nSPS) is 42.0. The molecule has 0 aromatic carbocycles. The Balaban J connectivity index is 1.51. The third-order valence-corrected chi connectivity index (χ3v) is 11.1. The molecule has 0 aliphatic heterocycles. The SMILES string of the molecule is CC[C@H](CC[C@@H](C)[C@H]1CC[C@H]2[C@@H]3CCC4=CC(=O)CC(=O)[C@]4(C)[C@H]3CC[C@]12C)C(C)C. The Labute approximate surface area is 191 Å². The Bertz CT molecular complexity index is 748. The maximum atomic E-state index is 13.1. The molecule has 0 saturated heterocycles. The minimum absolute atomic E-state index is 0.0399. The summed E-state index contributed by atoms with van der Waals surface area (Å²) in [5, 5.41) is 0. The molecule has 4 aliphatic rings. The van der Waals surface area contributed by atoms with Gasteiger partial charge in [-0.2, -0.15) is 0 Å². The zero-order valence-electron chi connectivity index (χ0n) is 21.0. The minimum atomic E-state index is -0.354. The van der Waals surface area contributed by atoms with E-state index in [0.717, 1.165) is 36.0 Å². The van der Waals surface area contributed by atoms with Crippen molar-refractivity contribution in [3.05, 3.63) is 11.6 Å². The summed E-state index contributed by atoms with van der Waals surface area (Å²) in [6, 6.07) is 0. The summed E-state index contributed by atoms with van der Waals surface area (Å²) in [5.41, 5.74) is 1.26. The van der Waals surface area contributed by atoms with Gasteiger partial charge in [0.05, 0.1) is 11.8 Å². The van der Waals surface area contributed by atoms with E-state index in [1.165, 1.54) is 56.9 Å². The highest BCUT2D eigenvalue weighted by Gasteiger charge is 2.61. The fraction of sp³-hybridized carbons (Fsp3) is 0.862. The number of hydrogen-bond donors (Lipinski definition) is 0. The van der Waals surface area contributed by atoms with Crippen LogP contribution < -0.4 is 0 Å². The Morgan fingerprint density at radius 1 is 1.00 bits per heavy atom. The smallest absolute Gasteiger partial charge is 0.163 e. The topological polar surface area (TPSA) is 34.1 Å². The predicted molar refractivity (Wildman–Crippen MR) is 128 cm³/mol. The van der Waals surface area contributed by atoms with E-state index in [-0.39, 0.29) is 23.4 Å². The van der Waals surface area contributed by atoms with Gasteiger partial charge in [-0.15, -0.1) is 0 Å². The van der Waals surface area contributed by atoms with Gasteiger partial charge >= 0.3 is 0 Å². The number of carbonyl (C=O) groups excluding carboxylic acids is 2. The Kier molecular flexibility index (Phi) is 6.34. The van der Waals surface area contributed by atoms with Gasteiger partial charge in [0, 0.05) is 0 Å². The molecular formula is C29H46O2. The molecule has 0 bridgehead atoms. The van der Waals surface area contributed by atoms with Crippen LogP contribution >= 0.6 is 0 Å². The third kappa shape index (κ3) is 3.68. The van der Waals surface area contributed by atoms with E-state index in [9.17, 15) is 9.59 Å². The number of hydrogen-bond acceptors (Lipinski definition) is 2. The van der Waals surface area contributed by atoms with Gasteiger partial charge in [0.2, 0.25) is 0 Å². The van der Waals surface area contributed by atoms with Crippen molar-refractivity contribution in [2.75, 3.05) is 0 Å². The van der Waals surface area contributed by atoms with Crippen LogP contribution in [0.5, 0.6) is 0 Å². The minimum Gasteiger partial charge on any atom is -0.298 e. The van der Waals surface area contributed by atoms with Crippen molar-refractivity contribution in [3.63, 3.8) is 0 Å². The van der Waals surface area contributed by atoms with Crippen molar-refractivity contribution in [1.29, 1.82) is 0 Å². The molecule has 0 unspecified atom stereocenters. The molecule has 8 atom stereocenters. The summed E-state index contributed by atoms with van der Waals surface area (Å²) in [6.45, 7) is 14.5. The second-order valence-electron chi connectivity index (χ2n) is 12.5. The van der Waals surface area contributed by atoms with Gasteiger partial charge in [0.15, 0.2) is 11.6 Å². The zero-order valence-corrected chi connectivity index (χ0v) is 21.0. The van der Waals surface area contributed by atoms with E-state index in [1.54, 1.807) is 0 Å². The van der Waals surface area contributed by atoms with Gasteiger partial charge < -0.3 is 0 Å². The maximum absolute atomic E-state index is 13.1. The van der Waals surface area contributed by atoms with Crippen LogP contribution in [0.4, 0.5) is 0 Å². The summed E-state index contributed by atoms with van der Waals surface area (Å²) in [5.74, 6) is 5.49. The van der Waals surface area contributed by atoms with Crippen LogP contribution in [0.15, 0.2) is 11.6 Å². The van der Waals surface area contributed by atoms with Gasteiger partial charge in [0.25, 0.3) is 0 Å². The van der Waals surface area contributed by atoms with Crippen molar-refractivity contribution in [1.82, 2.24) is 0 Å². The third-order valence-electron chi connectivity index (χ3n) is 11.1. The molecule has 4 rings (SSSR count). The second kappa shape index (κ2) is 8.45. The molecule has 0 N–H and O–H groups in total. The van der Waals surface area contributed by atoms with Crippen LogP contribution in [0.1, 0.15) is 106 Å². The largest absolute Gasteiger partial charge is 0.298 e. The van der Waals surface area contributed by atoms with E-state index >= 15 is 0 Å². The van der Waals surface area contributed by atoms with Gasteiger partial charge in [-0.3, -0.25) is 9.59 Å². The van der Waals surface area contributed by atoms with Crippen molar-refractivity contribution >= 4 is 11.6 Å². The maximum Gasteiger partial charge on any atom is 0.163 e. The number of rotatable bonds is 6. The van der Waals surface area contributed by atoms with E-state index in [4.69, 9.17) is 0 Å². The van der Waals surface area contributed by atoms with Crippen molar-refractivity contribution < 1.29 is 9.59 Å². The van der Waals surface area contributed by atoms with Crippen LogP contribution in [-0.4, -0.2) is 11.6 Å². The van der Waals surface area contributed by atoms with Crippen LogP contribution in [0.25, 0.3) is 0 Å². The Morgan fingerprint density at radius 3 is 2.42 bits per heavy atom. The predicted octanol–water partition coefficient (Wildman–Crippen LogP) is 7.41. The molecule has 0 heterocycles. The Morgan fingerprint density at radius 2 is 1.74 bits per heavy atom. The number of allylic oxidation sites excluding steroid dienone is 1. The zero-order chi connectivity index (χ0) is 22.6. The first-order chi connectivity index (χ1) is 14.6. The average molecular weight is 427 g/mol. The molecule has 2 nitrogen and oxygen atoms in total. The number of ketones is 2. The molecule has 0 aromatic rings. The lowest BCUT2D eigenvalue weighted by atomic mass is 9.46. The number of carbonyl (C=O) groups is 2. The molecule has 3 saturated carbocycles. The first kappa shape index (κ1) is 23.2. The monoisotopic (exact) mass is 426 g/mol. The fourth-order valence-corrected chi connectivity index (χ4v) is 9.08. The lowest BCUT2D eigenvalue weighted by Gasteiger charge is -2.57. The van der Waals surface area contributed by atoms with Gasteiger partial charge in [-0.05, 0) is 105 Å². The van der Waals surface area contributed by atoms with Gasteiger partial charge in [-0.25, -0.2) is 0 Å². The quantitative estimate of drug-likeness (QED) is 0.414. The fourth-order valence-electron chi connectivity index (χ4n) is 9.08. The molecule has 0 radical (unpaired) electrons. The molecule has 4 aliphatic carbocycles. The van der Waals surface area contributed by atoms with Gasteiger partial charge in [0.1, 0.15) is 0 Å². The number of Topliss-reactive ketones (excluding diaryl/α,β-unsaturated/α-hetero) is 1. The standard InChI is InChI=1S/C29H46O2/c1-7-20(18(2)3)9-8-19(4)24-12-13-25-23-11-10-21-16-22(30)17-27(31)29(21,6)26(23)14-15-28(24,25)5/h16,18-20,23-26H,7-15,17H2,1-6H3/t19-,20-,23+,24-,25+,26+,28-,29+/m1/s1. The molecule has 0 spiro atoms. The highest BCUT2D eigenvalue weighted by atomic mass is 16.1. The molecule has 3 fully saturated rings. The van der Waals surface area contributed by atoms with Crippen LogP contribution in [0.2, 0.25) is 0 Å². The van der Waals surface area contributed by atoms with Crippen molar-refractivity contribution in [3.8, 4) is 0 Å². The molecule has 174 valence electrons. The highest BCUT2D eigenvalue weighted by molar-refractivity contribution is 6.11. The first-order valence-electron chi connectivity index (χ1n) is 13.4. The van der Waals surface area contributed by atoms with Crippen molar-refractivity contribution in [2.45, 2.75) is 106 Å². The average Bonchev–Trinajstić information content (AvgIpc) is 3.06. The van der Waals surface area contributed by atoms with E-state index in [2.05, 4.69) is 41.5 Å². The molecule has 31 heavy (non-hydrogen) atoms. The highest BCUT2D eigenvalue weighted by Crippen LogP contribution is 2.67. The first-order valence-corrected chi connectivity index (χ1v) is 13.4. The second-order valence-corrected chi connectivity index (χ2v) is 12.5. The molecule has 0 aromatic heterocycles. The molecule has 2 heteroatoms. The van der Waals surface area contributed by atoms with E-state index in [0.29, 0.717) is 17.3 Å². The van der Waals surface area contributed by atoms with Crippen LogP contribution in [0, 0.1) is 52.3 Å². The van der Waals surface area contributed by atoms with Crippen molar-refractivity contribution in [2.24, 2.45) is 52.3 Å². The lowest BCUT2D eigenvalue weighted by molar-refractivity contribution is -0.140. The summed E-state index contributed by atoms with van der Waals surface area (Å²) in [7, 11) is 0. The summed E-state index contributed by atoms with van der Waals surface area (Å²) in [4.78, 5) is 25.2. The summed E-state index contributed by atoms with van der Waals surface area (Å²) < 4.78 is 0. The summed E-state index contributed by atoms with van der Waals surface area (Å²) >= 11 is 0. The van der Waals surface area contributed by atoms with E-state index < -0.39 is 0 Å². The molecular weight excluding hydrogens is 380 g/mol. The number of fused-ring (bicyclic) bond motifs is 5. The van der Waals surface area contributed by atoms with Crippen LogP contribution in [0.3, 0.4) is 0 Å². The molecule has 0 amide bonds. The van der Waals surface area contributed by atoms with E-state index in [1.807, 2.05) is 6.08 Å². The van der Waals surface area contributed by atoms with Crippen LogP contribution in [-0.2, 0) is 9.59 Å².